The Morgan fingerprint density at radius 2 is 2.35 bits per heavy atom. The summed E-state index contributed by atoms with van der Waals surface area (Å²) in [4.78, 5) is 13.2. The van der Waals surface area contributed by atoms with Crippen LogP contribution in [0.4, 0.5) is 9.18 Å². The van der Waals surface area contributed by atoms with Crippen molar-refractivity contribution in [1.29, 1.82) is 0 Å². The maximum absolute atomic E-state index is 12.8. The van der Waals surface area contributed by atoms with Gasteiger partial charge in [-0.1, -0.05) is 11.6 Å². The highest BCUT2D eigenvalue weighted by Crippen LogP contribution is 2.25. The minimum absolute atomic E-state index is 0.00811. The molecule has 1 aliphatic rings. The quantitative estimate of drug-likeness (QED) is 0.838. The molecule has 1 amide bonds. The molecule has 1 atom stereocenters. The molecule has 2 rings (SSSR count). The van der Waals surface area contributed by atoms with Gasteiger partial charge in [-0.05, 0) is 24.6 Å². The summed E-state index contributed by atoms with van der Waals surface area (Å²) in [5.74, 6) is -0.323. The molecule has 17 heavy (non-hydrogen) atoms. The van der Waals surface area contributed by atoms with E-state index in [0.29, 0.717) is 13.1 Å². The molecule has 2 N–H and O–H groups in total. The zero-order chi connectivity index (χ0) is 12.4. The molecule has 1 unspecified atom stereocenters. The van der Waals surface area contributed by atoms with E-state index in [0.717, 1.165) is 12.5 Å². The monoisotopic (exact) mass is 258 g/mol. The van der Waals surface area contributed by atoms with Crippen LogP contribution in [0.15, 0.2) is 18.2 Å². The summed E-state index contributed by atoms with van der Waals surface area (Å²) < 4.78 is 17.9. The Labute approximate surface area is 103 Å². The van der Waals surface area contributed by atoms with Crippen molar-refractivity contribution in [3.63, 3.8) is 0 Å². The lowest BCUT2D eigenvalue weighted by atomic mass is 10.3. The molecule has 6 heteroatoms. The van der Waals surface area contributed by atoms with E-state index >= 15 is 0 Å². The number of nitrogens with zero attached hydrogens (tertiary/aromatic N) is 1. The van der Waals surface area contributed by atoms with Crippen LogP contribution < -0.4 is 10.5 Å². The lowest BCUT2D eigenvalue weighted by molar-refractivity contribution is 0.162. The zero-order valence-corrected chi connectivity index (χ0v) is 9.78. The van der Waals surface area contributed by atoms with E-state index in [-0.39, 0.29) is 16.8 Å². The molecular formula is C11H12ClFN2O2. The first kappa shape index (κ1) is 12.1. The number of amides is 1. The SMILES string of the molecule is NC1CCN(C(=O)Oc2ccc(F)cc2Cl)C1. The predicted octanol–water partition coefficient (Wildman–Crippen LogP) is 2.01. The van der Waals surface area contributed by atoms with Crippen molar-refractivity contribution >= 4 is 17.7 Å². The first-order valence-corrected chi connectivity index (χ1v) is 5.61. The van der Waals surface area contributed by atoms with Crippen molar-refractivity contribution < 1.29 is 13.9 Å². The standard InChI is InChI=1S/C11H12ClFN2O2/c12-9-5-7(13)1-2-10(9)17-11(16)15-4-3-8(14)6-15/h1-2,5,8H,3-4,6,14H2. The molecule has 0 spiro atoms. The first-order chi connectivity index (χ1) is 8.06. The van der Waals surface area contributed by atoms with Crippen molar-refractivity contribution in [2.45, 2.75) is 12.5 Å². The molecule has 1 aliphatic heterocycles. The van der Waals surface area contributed by atoms with Gasteiger partial charge in [0.1, 0.15) is 5.82 Å². The Morgan fingerprint density at radius 1 is 1.59 bits per heavy atom. The van der Waals surface area contributed by atoms with E-state index < -0.39 is 11.9 Å². The number of rotatable bonds is 1. The van der Waals surface area contributed by atoms with Gasteiger partial charge in [-0.25, -0.2) is 9.18 Å². The van der Waals surface area contributed by atoms with Gasteiger partial charge in [-0.15, -0.1) is 0 Å². The van der Waals surface area contributed by atoms with Crippen LogP contribution in [0.1, 0.15) is 6.42 Å². The molecule has 0 saturated carbocycles. The molecule has 1 aromatic rings. The number of hydrogen-bond donors (Lipinski definition) is 1. The third kappa shape index (κ3) is 2.87. The normalized spacial score (nSPS) is 19.5. The molecule has 4 nitrogen and oxygen atoms in total. The third-order valence-electron chi connectivity index (χ3n) is 2.57. The number of halogens is 2. The van der Waals surface area contributed by atoms with Gasteiger partial charge in [-0.3, -0.25) is 0 Å². The van der Waals surface area contributed by atoms with Gasteiger partial charge in [0, 0.05) is 19.1 Å². The molecule has 0 bridgehead atoms. The maximum atomic E-state index is 12.8. The van der Waals surface area contributed by atoms with Crippen LogP contribution in [0.5, 0.6) is 5.75 Å². The smallest absolute Gasteiger partial charge is 0.409 e. The second-order valence-electron chi connectivity index (χ2n) is 3.94. The zero-order valence-electron chi connectivity index (χ0n) is 9.03. The van der Waals surface area contributed by atoms with Gasteiger partial charge in [0.2, 0.25) is 0 Å². The van der Waals surface area contributed by atoms with Crippen LogP contribution >= 0.6 is 11.6 Å². The van der Waals surface area contributed by atoms with Crippen molar-refractivity contribution in [1.82, 2.24) is 4.90 Å². The Kier molecular flexibility index (Phi) is 3.49. The van der Waals surface area contributed by atoms with Gasteiger partial charge in [0.05, 0.1) is 5.02 Å². The van der Waals surface area contributed by atoms with Crippen LogP contribution in [-0.2, 0) is 0 Å². The van der Waals surface area contributed by atoms with E-state index in [2.05, 4.69) is 0 Å². The molecule has 0 radical (unpaired) electrons. The van der Waals surface area contributed by atoms with E-state index in [1.54, 1.807) is 0 Å². The number of carbonyl (C=O) groups excluding carboxylic acids is 1. The highest BCUT2D eigenvalue weighted by Gasteiger charge is 2.25. The van der Waals surface area contributed by atoms with E-state index in [9.17, 15) is 9.18 Å². The second-order valence-corrected chi connectivity index (χ2v) is 4.34. The Bertz CT molecular complexity index is 441. The Balaban J connectivity index is 2.03. The molecule has 1 aromatic carbocycles. The fourth-order valence-electron chi connectivity index (χ4n) is 1.67. The van der Waals surface area contributed by atoms with Crippen LogP contribution in [0.3, 0.4) is 0 Å². The predicted molar refractivity (Wildman–Crippen MR) is 61.6 cm³/mol. The summed E-state index contributed by atoms with van der Waals surface area (Å²) in [6, 6.07) is 3.60. The highest BCUT2D eigenvalue weighted by atomic mass is 35.5. The summed E-state index contributed by atoms with van der Waals surface area (Å²) in [5, 5.41) is 0.0712. The molecule has 1 saturated heterocycles. The largest absolute Gasteiger partial charge is 0.415 e. The summed E-state index contributed by atoms with van der Waals surface area (Å²) >= 11 is 5.75. The molecular weight excluding hydrogens is 247 g/mol. The lowest BCUT2D eigenvalue weighted by Crippen LogP contribution is -2.34. The summed E-state index contributed by atoms with van der Waals surface area (Å²) in [7, 11) is 0. The fraction of sp³-hybridized carbons (Fsp3) is 0.364. The molecule has 1 heterocycles. The topological polar surface area (TPSA) is 55.6 Å². The van der Waals surface area contributed by atoms with E-state index in [1.807, 2.05) is 0 Å². The Morgan fingerprint density at radius 3 is 2.94 bits per heavy atom. The number of ether oxygens (including phenoxy) is 1. The molecule has 0 aliphatic carbocycles. The number of benzene rings is 1. The first-order valence-electron chi connectivity index (χ1n) is 5.23. The highest BCUT2D eigenvalue weighted by molar-refractivity contribution is 6.32. The number of nitrogens with two attached hydrogens (primary N) is 1. The van der Waals surface area contributed by atoms with Gasteiger partial charge < -0.3 is 15.4 Å². The van der Waals surface area contributed by atoms with Crippen molar-refractivity contribution in [2.24, 2.45) is 5.73 Å². The molecule has 92 valence electrons. The minimum Gasteiger partial charge on any atom is -0.409 e. The minimum atomic E-state index is -0.508. The second kappa shape index (κ2) is 4.89. The average Bonchev–Trinajstić information content (AvgIpc) is 2.69. The van der Waals surface area contributed by atoms with Gasteiger partial charge in [0.15, 0.2) is 5.75 Å². The number of likely N-dealkylation sites (tertiary alicyclic amines) is 1. The van der Waals surface area contributed by atoms with E-state index in [1.165, 1.54) is 17.0 Å². The van der Waals surface area contributed by atoms with Crippen molar-refractivity contribution in [3.05, 3.63) is 29.0 Å². The van der Waals surface area contributed by atoms with Crippen LogP contribution in [0.2, 0.25) is 5.02 Å². The maximum Gasteiger partial charge on any atom is 0.415 e. The van der Waals surface area contributed by atoms with E-state index in [4.69, 9.17) is 22.1 Å². The summed E-state index contributed by atoms with van der Waals surface area (Å²) in [6.07, 6.45) is 0.248. The van der Waals surface area contributed by atoms with Crippen LogP contribution in [0, 0.1) is 5.82 Å². The molecule has 1 fully saturated rings. The third-order valence-corrected chi connectivity index (χ3v) is 2.87. The van der Waals surface area contributed by atoms with Crippen molar-refractivity contribution in [2.75, 3.05) is 13.1 Å². The van der Waals surface area contributed by atoms with Crippen molar-refractivity contribution in [3.8, 4) is 5.75 Å². The average molecular weight is 259 g/mol. The molecule has 0 aromatic heterocycles. The fourth-order valence-corrected chi connectivity index (χ4v) is 1.88. The van der Waals surface area contributed by atoms with Crippen LogP contribution in [0.25, 0.3) is 0 Å². The lowest BCUT2D eigenvalue weighted by Gasteiger charge is -2.15. The van der Waals surface area contributed by atoms with Gasteiger partial charge in [-0.2, -0.15) is 0 Å². The van der Waals surface area contributed by atoms with Crippen LogP contribution in [-0.4, -0.2) is 30.1 Å². The van der Waals surface area contributed by atoms with Gasteiger partial charge in [0.25, 0.3) is 0 Å². The summed E-state index contributed by atoms with van der Waals surface area (Å²) in [5.41, 5.74) is 5.68. The summed E-state index contributed by atoms with van der Waals surface area (Å²) in [6.45, 7) is 1.04. The number of carbonyl (C=O) groups is 1. The van der Waals surface area contributed by atoms with Gasteiger partial charge >= 0.3 is 6.09 Å². The number of hydrogen-bond acceptors (Lipinski definition) is 3. The Hall–Kier alpha value is -1.33.